The maximum Gasteiger partial charge on any atom is 0.257 e. The van der Waals surface area contributed by atoms with Crippen LogP contribution in [0.5, 0.6) is 5.75 Å². The quantitative estimate of drug-likeness (QED) is 0.860. The highest BCUT2D eigenvalue weighted by Crippen LogP contribution is 2.39. The molecule has 0 unspecified atom stereocenters. The van der Waals surface area contributed by atoms with Crippen LogP contribution in [-0.4, -0.2) is 24.8 Å². The smallest absolute Gasteiger partial charge is 0.257 e. The minimum atomic E-state index is -0.422. The Bertz CT molecular complexity index is 834. The fourth-order valence-electron chi connectivity index (χ4n) is 3.14. The van der Waals surface area contributed by atoms with Crippen LogP contribution in [0, 0.1) is 11.6 Å². The van der Waals surface area contributed by atoms with E-state index < -0.39 is 5.82 Å². The van der Waals surface area contributed by atoms with Gasteiger partial charge >= 0.3 is 0 Å². The van der Waals surface area contributed by atoms with Crippen molar-refractivity contribution >= 4 is 11.7 Å². The first-order chi connectivity index (χ1) is 12.5. The SMILES string of the molecule is C[C@H]1CC(=O)c2c(OCC(=O)NCCc3ccc(F)cc3)ccc(F)c21. The van der Waals surface area contributed by atoms with Gasteiger partial charge in [-0.15, -0.1) is 0 Å². The van der Waals surface area contributed by atoms with Gasteiger partial charge in [0.25, 0.3) is 5.91 Å². The topological polar surface area (TPSA) is 55.4 Å². The summed E-state index contributed by atoms with van der Waals surface area (Å²) >= 11 is 0. The third kappa shape index (κ3) is 3.90. The van der Waals surface area contributed by atoms with Crippen LogP contribution in [-0.2, 0) is 11.2 Å². The Balaban J connectivity index is 1.54. The molecule has 1 aliphatic carbocycles. The summed E-state index contributed by atoms with van der Waals surface area (Å²) in [7, 11) is 0. The summed E-state index contributed by atoms with van der Waals surface area (Å²) < 4.78 is 32.2. The van der Waals surface area contributed by atoms with Crippen LogP contribution in [0.25, 0.3) is 0 Å². The number of carbonyl (C=O) groups excluding carboxylic acids is 2. The van der Waals surface area contributed by atoms with Crippen LogP contribution in [0.15, 0.2) is 36.4 Å². The molecule has 0 aliphatic heterocycles. The zero-order chi connectivity index (χ0) is 18.7. The van der Waals surface area contributed by atoms with E-state index in [1.54, 1.807) is 19.1 Å². The zero-order valence-corrected chi connectivity index (χ0v) is 14.4. The number of hydrogen-bond donors (Lipinski definition) is 1. The van der Waals surface area contributed by atoms with Crippen molar-refractivity contribution in [2.45, 2.75) is 25.7 Å². The number of rotatable bonds is 6. The number of benzene rings is 2. The average molecular weight is 359 g/mol. The molecule has 1 aliphatic rings. The number of ketones is 1. The third-order valence-electron chi connectivity index (χ3n) is 4.43. The van der Waals surface area contributed by atoms with E-state index in [-0.39, 0.29) is 47.8 Å². The van der Waals surface area contributed by atoms with E-state index in [1.165, 1.54) is 24.3 Å². The molecular formula is C20H19F2NO3. The Morgan fingerprint density at radius 2 is 1.92 bits per heavy atom. The minimum Gasteiger partial charge on any atom is -0.483 e. The van der Waals surface area contributed by atoms with Gasteiger partial charge in [0.1, 0.15) is 17.4 Å². The van der Waals surface area contributed by atoms with Gasteiger partial charge in [-0.25, -0.2) is 8.78 Å². The molecule has 26 heavy (non-hydrogen) atoms. The molecule has 3 rings (SSSR count). The first-order valence-electron chi connectivity index (χ1n) is 8.45. The lowest BCUT2D eigenvalue weighted by Crippen LogP contribution is -2.30. The molecule has 0 saturated heterocycles. The lowest BCUT2D eigenvalue weighted by atomic mass is 10.0. The van der Waals surface area contributed by atoms with Crippen molar-refractivity contribution in [2.24, 2.45) is 0 Å². The van der Waals surface area contributed by atoms with Gasteiger partial charge in [-0.3, -0.25) is 9.59 Å². The predicted molar refractivity (Wildman–Crippen MR) is 92.4 cm³/mol. The maximum absolute atomic E-state index is 13.9. The zero-order valence-electron chi connectivity index (χ0n) is 14.4. The molecule has 0 fully saturated rings. The first kappa shape index (κ1) is 18.0. The van der Waals surface area contributed by atoms with E-state index in [0.29, 0.717) is 18.5 Å². The van der Waals surface area contributed by atoms with Gasteiger partial charge in [0.05, 0.1) is 5.56 Å². The van der Waals surface area contributed by atoms with Gasteiger partial charge in [-0.2, -0.15) is 0 Å². The van der Waals surface area contributed by atoms with Gasteiger partial charge < -0.3 is 10.1 Å². The van der Waals surface area contributed by atoms with E-state index in [4.69, 9.17) is 4.74 Å². The number of fused-ring (bicyclic) bond motifs is 1. The van der Waals surface area contributed by atoms with Crippen molar-refractivity contribution < 1.29 is 23.1 Å². The molecule has 1 atom stereocenters. The van der Waals surface area contributed by atoms with Crippen molar-refractivity contribution in [2.75, 3.05) is 13.2 Å². The molecule has 0 bridgehead atoms. The normalized spacial score (nSPS) is 15.7. The molecule has 0 aromatic heterocycles. The van der Waals surface area contributed by atoms with Crippen LogP contribution in [0.1, 0.15) is 40.7 Å². The lowest BCUT2D eigenvalue weighted by Gasteiger charge is -2.12. The number of nitrogens with one attached hydrogen (secondary N) is 1. The van der Waals surface area contributed by atoms with Crippen molar-refractivity contribution in [1.29, 1.82) is 0 Å². The highest BCUT2D eigenvalue weighted by Gasteiger charge is 2.32. The molecule has 4 nitrogen and oxygen atoms in total. The number of carbonyl (C=O) groups is 2. The molecule has 1 N–H and O–H groups in total. The number of hydrogen-bond acceptors (Lipinski definition) is 3. The summed E-state index contributed by atoms with van der Waals surface area (Å²) in [6.07, 6.45) is 0.810. The first-order valence-corrected chi connectivity index (χ1v) is 8.45. The Hall–Kier alpha value is -2.76. The van der Waals surface area contributed by atoms with Gasteiger partial charge in [-0.05, 0) is 42.2 Å². The summed E-state index contributed by atoms with van der Waals surface area (Å²) in [5, 5.41) is 2.70. The van der Waals surface area contributed by atoms with E-state index in [1.807, 2.05) is 0 Å². The fraction of sp³-hybridized carbons (Fsp3) is 0.300. The second-order valence-electron chi connectivity index (χ2n) is 6.38. The molecular weight excluding hydrogens is 340 g/mol. The second-order valence-corrected chi connectivity index (χ2v) is 6.38. The van der Waals surface area contributed by atoms with E-state index in [2.05, 4.69) is 5.32 Å². The summed E-state index contributed by atoms with van der Waals surface area (Å²) in [4.78, 5) is 24.0. The Morgan fingerprint density at radius 3 is 2.65 bits per heavy atom. The van der Waals surface area contributed by atoms with E-state index in [9.17, 15) is 18.4 Å². The molecule has 2 aromatic carbocycles. The van der Waals surface area contributed by atoms with Crippen LogP contribution >= 0.6 is 0 Å². The van der Waals surface area contributed by atoms with Gasteiger partial charge in [0.2, 0.25) is 0 Å². The summed E-state index contributed by atoms with van der Waals surface area (Å²) in [6, 6.07) is 8.70. The fourth-order valence-corrected chi connectivity index (χ4v) is 3.14. The standard InChI is InChI=1S/C20H19F2NO3/c1-12-10-16(24)20-17(7-6-15(22)19(12)20)26-11-18(25)23-9-8-13-2-4-14(21)5-3-13/h2-7,12H,8-11H2,1H3,(H,23,25)/t12-/m0/s1. The molecule has 136 valence electrons. The number of amides is 1. The predicted octanol–water partition coefficient (Wildman–Crippen LogP) is 3.39. The summed E-state index contributed by atoms with van der Waals surface area (Å²) in [6.45, 7) is 1.91. The highest BCUT2D eigenvalue weighted by molar-refractivity contribution is 6.03. The molecule has 2 aromatic rings. The van der Waals surface area contributed by atoms with Crippen LogP contribution in [0.4, 0.5) is 8.78 Å². The van der Waals surface area contributed by atoms with Crippen molar-refractivity contribution in [3.8, 4) is 5.75 Å². The Morgan fingerprint density at radius 1 is 1.19 bits per heavy atom. The van der Waals surface area contributed by atoms with Gasteiger partial charge in [0, 0.05) is 18.5 Å². The Labute approximate surface area is 150 Å². The molecule has 0 spiro atoms. The molecule has 6 heteroatoms. The highest BCUT2D eigenvalue weighted by atomic mass is 19.1. The van der Waals surface area contributed by atoms with Crippen molar-refractivity contribution in [1.82, 2.24) is 5.32 Å². The monoisotopic (exact) mass is 359 g/mol. The lowest BCUT2D eigenvalue weighted by molar-refractivity contribution is -0.123. The molecule has 1 amide bonds. The molecule has 0 heterocycles. The molecule has 0 saturated carbocycles. The van der Waals surface area contributed by atoms with Crippen LogP contribution < -0.4 is 10.1 Å². The van der Waals surface area contributed by atoms with Gasteiger partial charge in [0.15, 0.2) is 12.4 Å². The number of halogens is 2. The van der Waals surface area contributed by atoms with Crippen LogP contribution in [0.3, 0.4) is 0 Å². The van der Waals surface area contributed by atoms with Crippen molar-refractivity contribution in [3.05, 3.63) is 64.7 Å². The second kappa shape index (κ2) is 7.64. The number of ether oxygens (including phenoxy) is 1. The van der Waals surface area contributed by atoms with E-state index >= 15 is 0 Å². The third-order valence-corrected chi connectivity index (χ3v) is 4.43. The average Bonchev–Trinajstić information content (AvgIpc) is 2.92. The largest absolute Gasteiger partial charge is 0.483 e. The number of Topliss-reactive ketones (excluding diaryl/α,β-unsaturated/α-hetero) is 1. The Kier molecular flexibility index (Phi) is 5.30. The van der Waals surface area contributed by atoms with Crippen molar-refractivity contribution in [3.63, 3.8) is 0 Å². The summed E-state index contributed by atoms with van der Waals surface area (Å²) in [5.74, 6) is -1.19. The van der Waals surface area contributed by atoms with E-state index in [0.717, 1.165) is 5.56 Å². The minimum absolute atomic E-state index is 0.168. The van der Waals surface area contributed by atoms with Gasteiger partial charge in [-0.1, -0.05) is 19.1 Å². The maximum atomic E-state index is 13.9. The van der Waals surface area contributed by atoms with Crippen LogP contribution in [0.2, 0.25) is 0 Å². The summed E-state index contributed by atoms with van der Waals surface area (Å²) in [5.41, 5.74) is 1.52. The molecule has 0 radical (unpaired) electrons.